The van der Waals surface area contributed by atoms with Crippen LogP contribution in [0.25, 0.3) is 34.1 Å². The van der Waals surface area contributed by atoms with Crippen LogP contribution >= 0.6 is 0 Å². The molecule has 0 amide bonds. The number of nitrogens with zero attached hydrogens (tertiary/aromatic N) is 4. The monoisotopic (exact) mass is 324 g/mol. The fourth-order valence-corrected chi connectivity index (χ4v) is 2.61. The fraction of sp³-hybridized carbons (Fsp3) is 0.235. The SMILES string of the molecule is CCn1ccc(-c2nc(-c3oc4ccc(OC)cc4c3C)no2)n1. The van der Waals surface area contributed by atoms with E-state index in [1.807, 2.05) is 44.3 Å². The van der Waals surface area contributed by atoms with Crippen molar-refractivity contribution in [1.29, 1.82) is 0 Å². The van der Waals surface area contributed by atoms with Crippen molar-refractivity contribution in [2.75, 3.05) is 7.11 Å². The lowest BCUT2D eigenvalue weighted by molar-refractivity contribution is 0.415. The Bertz CT molecular complexity index is 1010. The van der Waals surface area contributed by atoms with Gasteiger partial charge in [-0.25, -0.2) is 0 Å². The summed E-state index contributed by atoms with van der Waals surface area (Å²) in [7, 11) is 1.64. The van der Waals surface area contributed by atoms with Gasteiger partial charge in [0.15, 0.2) is 11.5 Å². The summed E-state index contributed by atoms with van der Waals surface area (Å²) in [6.45, 7) is 4.76. The molecule has 0 spiro atoms. The van der Waals surface area contributed by atoms with Crippen molar-refractivity contribution >= 4 is 11.0 Å². The third kappa shape index (κ3) is 2.25. The van der Waals surface area contributed by atoms with Gasteiger partial charge in [0, 0.05) is 23.7 Å². The molecule has 1 aromatic carbocycles. The van der Waals surface area contributed by atoms with Crippen molar-refractivity contribution in [1.82, 2.24) is 19.9 Å². The topological polar surface area (TPSA) is 79.1 Å². The van der Waals surface area contributed by atoms with Crippen molar-refractivity contribution < 1.29 is 13.7 Å². The third-order valence-electron chi connectivity index (χ3n) is 3.96. The summed E-state index contributed by atoms with van der Waals surface area (Å²) in [5, 5.41) is 9.37. The van der Waals surface area contributed by atoms with E-state index in [0.29, 0.717) is 23.2 Å². The average Bonchev–Trinajstić information content (AvgIpc) is 3.32. The van der Waals surface area contributed by atoms with Crippen LogP contribution in [0.4, 0.5) is 0 Å². The van der Waals surface area contributed by atoms with Crippen LogP contribution in [0.1, 0.15) is 12.5 Å². The van der Waals surface area contributed by atoms with Gasteiger partial charge in [-0.1, -0.05) is 5.16 Å². The van der Waals surface area contributed by atoms with Gasteiger partial charge >= 0.3 is 0 Å². The van der Waals surface area contributed by atoms with Crippen LogP contribution < -0.4 is 4.74 Å². The number of hydrogen-bond donors (Lipinski definition) is 0. The van der Waals surface area contributed by atoms with Gasteiger partial charge in [0.2, 0.25) is 5.82 Å². The van der Waals surface area contributed by atoms with Crippen molar-refractivity contribution in [3.05, 3.63) is 36.0 Å². The molecule has 0 aliphatic carbocycles. The molecule has 4 aromatic rings. The lowest BCUT2D eigenvalue weighted by Gasteiger charge is -1.97. The van der Waals surface area contributed by atoms with Gasteiger partial charge in [-0.2, -0.15) is 10.1 Å². The minimum absolute atomic E-state index is 0.370. The second-order valence-electron chi connectivity index (χ2n) is 5.40. The summed E-state index contributed by atoms with van der Waals surface area (Å²) in [5.74, 6) is 2.14. The van der Waals surface area contributed by atoms with E-state index in [9.17, 15) is 0 Å². The molecule has 7 heteroatoms. The molecule has 4 rings (SSSR count). The lowest BCUT2D eigenvalue weighted by Crippen LogP contribution is -1.93. The predicted molar refractivity (Wildman–Crippen MR) is 87.7 cm³/mol. The first-order chi connectivity index (χ1) is 11.7. The second kappa shape index (κ2) is 5.52. The maximum atomic E-state index is 5.89. The van der Waals surface area contributed by atoms with Crippen molar-refractivity contribution in [2.45, 2.75) is 20.4 Å². The molecule has 0 radical (unpaired) electrons. The first-order valence-electron chi connectivity index (χ1n) is 7.64. The largest absolute Gasteiger partial charge is 0.497 e. The highest BCUT2D eigenvalue weighted by atomic mass is 16.5. The van der Waals surface area contributed by atoms with Gasteiger partial charge in [0.05, 0.1) is 7.11 Å². The van der Waals surface area contributed by atoms with E-state index in [-0.39, 0.29) is 0 Å². The average molecular weight is 324 g/mol. The molecule has 24 heavy (non-hydrogen) atoms. The van der Waals surface area contributed by atoms with Crippen molar-refractivity contribution in [3.63, 3.8) is 0 Å². The molecule has 0 bridgehead atoms. The minimum atomic E-state index is 0.370. The first kappa shape index (κ1) is 14.5. The molecule has 3 heterocycles. The highest BCUT2D eigenvalue weighted by Crippen LogP contribution is 2.34. The zero-order valence-corrected chi connectivity index (χ0v) is 13.6. The highest BCUT2D eigenvalue weighted by molar-refractivity contribution is 5.87. The molecule has 0 unspecified atom stereocenters. The summed E-state index contributed by atoms with van der Waals surface area (Å²) in [5.41, 5.74) is 2.34. The quantitative estimate of drug-likeness (QED) is 0.570. The summed E-state index contributed by atoms with van der Waals surface area (Å²) in [6.07, 6.45) is 1.87. The first-order valence-corrected chi connectivity index (χ1v) is 7.64. The van der Waals surface area contributed by atoms with Gasteiger partial charge in [0.25, 0.3) is 5.89 Å². The van der Waals surface area contributed by atoms with Crippen LogP contribution in [-0.4, -0.2) is 27.0 Å². The number of fused-ring (bicyclic) bond motifs is 1. The Morgan fingerprint density at radius 1 is 1.25 bits per heavy atom. The number of aromatic nitrogens is 4. The summed E-state index contributed by atoms with van der Waals surface area (Å²) >= 11 is 0. The molecule has 0 aliphatic heterocycles. The molecule has 0 atom stereocenters. The normalized spacial score (nSPS) is 11.3. The van der Waals surface area contributed by atoms with E-state index in [1.54, 1.807) is 11.8 Å². The van der Waals surface area contributed by atoms with Crippen LogP contribution in [0.15, 0.2) is 39.4 Å². The van der Waals surface area contributed by atoms with Crippen LogP contribution in [0.5, 0.6) is 5.75 Å². The van der Waals surface area contributed by atoms with E-state index in [1.165, 1.54) is 0 Å². The zero-order chi connectivity index (χ0) is 16.7. The molecule has 122 valence electrons. The van der Waals surface area contributed by atoms with Crippen LogP contribution in [0, 0.1) is 6.92 Å². The number of hydrogen-bond acceptors (Lipinski definition) is 6. The standard InChI is InChI=1S/C17H16N4O3/c1-4-21-8-7-13(19-21)17-18-16(20-24-17)15-10(2)12-9-11(22-3)5-6-14(12)23-15/h5-9H,4H2,1-3H3. The number of ether oxygens (including phenoxy) is 1. The van der Waals surface area contributed by atoms with Crippen LogP contribution in [0.2, 0.25) is 0 Å². The number of benzene rings is 1. The van der Waals surface area contributed by atoms with Gasteiger partial charge in [0.1, 0.15) is 11.3 Å². The molecule has 7 nitrogen and oxygen atoms in total. The second-order valence-corrected chi connectivity index (χ2v) is 5.40. The zero-order valence-electron chi connectivity index (χ0n) is 13.6. The van der Waals surface area contributed by atoms with Crippen molar-refractivity contribution in [2.24, 2.45) is 0 Å². The Morgan fingerprint density at radius 2 is 2.12 bits per heavy atom. The molecular formula is C17H16N4O3. The molecular weight excluding hydrogens is 308 g/mol. The van der Waals surface area contributed by atoms with E-state index in [2.05, 4.69) is 15.2 Å². The molecule has 3 aromatic heterocycles. The Labute approximate surface area is 137 Å². The minimum Gasteiger partial charge on any atom is -0.497 e. The van der Waals surface area contributed by atoms with Gasteiger partial charge in [-0.05, 0) is 38.1 Å². The fourth-order valence-electron chi connectivity index (χ4n) is 2.61. The Hall–Kier alpha value is -3.09. The smallest absolute Gasteiger partial charge is 0.278 e. The molecule has 0 N–H and O–H groups in total. The summed E-state index contributed by atoms with van der Waals surface area (Å²) in [4.78, 5) is 4.42. The van der Waals surface area contributed by atoms with E-state index in [0.717, 1.165) is 28.8 Å². The maximum absolute atomic E-state index is 5.89. The van der Waals surface area contributed by atoms with Crippen LogP contribution in [0.3, 0.4) is 0 Å². The molecule has 0 aliphatic rings. The number of rotatable bonds is 4. The Kier molecular flexibility index (Phi) is 3.34. The number of methoxy groups -OCH3 is 1. The van der Waals surface area contributed by atoms with Gasteiger partial charge in [-0.15, -0.1) is 0 Å². The van der Waals surface area contributed by atoms with Crippen molar-refractivity contribution in [3.8, 4) is 28.9 Å². The molecule has 0 saturated carbocycles. The number of furan rings is 1. The summed E-state index contributed by atoms with van der Waals surface area (Å²) in [6, 6.07) is 7.50. The summed E-state index contributed by atoms with van der Waals surface area (Å²) < 4.78 is 18.3. The van der Waals surface area contributed by atoms with Crippen LogP contribution in [-0.2, 0) is 6.54 Å². The lowest BCUT2D eigenvalue weighted by atomic mass is 10.1. The van der Waals surface area contributed by atoms with E-state index in [4.69, 9.17) is 13.7 Å². The van der Waals surface area contributed by atoms with Gasteiger partial charge in [-0.3, -0.25) is 4.68 Å². The molecule has 0 saturated heterocycles. The van der Waals surface area contributed by atoms with Gasteiger partial charge < -0.3 is 13.7 Å². The van der Waals surface area contributed by atoms with E-state index < -0.39 is 0 Å². The van der Waals surface area contributed by atoms with E-state index >= 15 is 0 Å². The highest BCUT2D eigenvalue weighted by Gasteiger charge is 2.20. The predicted octanol–water partition coefficient (Wildman–Crippen LogP) is 3.68. The Morgan fingerprint density at radius 3 is 2.88 bits per heavy atom. The Balaban J connectivity index is 1.76. The third-order valence-corrected chi connectivity index (χ3v) is 3.96. The number of aryl methyl sites for hydroxylation is 2. The molecule has 0 fully saturated rings. The maximum Gasteiger partial charge on any atom is 0.278 e.